The third kappa shape index (κ3) is 8.53. The highest BCUT2D eigenvalue weighted by Gasteiger charge is 2.05. The van der Waals surface area contributed by atoms with Gasteiger partial charge in [-0.25, -0.2) is 0 Å². The van der Waals surface area contributed by atoms with Crippen LogP contribution in [0.5, 0.6) is 0 Å². The van der Waals surface area contributed by atoms with Gasteiger partial charge in [-0.1, -0.05) is 0 Å². The van der Waals surface area contributed by atoms with E-state index in [2.05, 4.69) is 74.6 Å². The van der Waals surface area contributed by atoms with E-state index in [1.807, 2.05) is 0 Å². The van der Waals surface area contributed by atoms with Crippen molar-refractivity contribution in [3.8, 4) is 0 Å². The lowest BCUT2D eigenvalue weighted by molar-refractivity contribution is -0.639. The van der Waals surface area contributed by atoms with Crippen LogP contribution in [-0.4, -0.2) is 5.34 Å². The lowest BCUT2D eigenvalue weighted by Crippen LogP contribution is -2.17. The molecule has 0 aromatic heterocycles. The largest absolute Gasteiger partial charge is 0.183 e. The topological polar surface area (TPSA) is 110 Å². The Balaban J connectivity index is 3.95. The van der Waals surface area contributed by atoms with Crippen LogP contribution in [0.15, 0.2) is 15.7 Å². The highest BCUT2D eigenvalue weighted by atomic mass is 33.1. The number of hydrogen-bond donors (Lipinski definition) is 3. The third-order valence-electron chi connectivity index (χ3n) is 0.440. The fraction of sp³-hybridized carbons (Fsp3) is 0. The van der Waals surface area contributed by atoms with Gasteiger partial charge in [0.2, 0.25) is 0 Å². The Kier molecular flexibility index (Phi) is 9.45. The lowest BCUT2D eigenvalue weighted by Gasteiger charge is -2.07. The van der Waals surface area contributed by atoms with Gasteiger partial charge in [-0.2, -0.15) is 5.53 Å². The smallest absolute Gasteiger partial charge is 0.0542 e. The van der Waals surface area contributed by atoms with Gasteiger partial charge in [-0.3, -0.25) is 0 Å². The zero-order valence-electron chi connectivity index (χ0n) is 6.04. The molecule has 0 rings (SSSR count). The first-order valence-corrected chi connectivity index (χ1v) is 6.07. The van der Waals surface area contributed by atoms with E-state index >= 15 is 0 Å². The molecule has 0 saturated heterocycles. The average molecular weight is 281 g/mol. The molecule has 82 valence electrons. The Hall–Kier alpha value is -0.0600. The molecule has 0 amide bonds. The van der Waals surface area contributed by atoms with Crippen molar-refractivity contribution >= 4 is 43.6 Å². The van der Waals surface area contributed by atoms with Crippen molar-refractivity contribution in [2.45, 2.75) is 0 Å². The lowest BCUT2D eigenvalue weighted by atomic mass is 12.4. The Morgan fingerprint density at radius 3 is 2.57 bits per heavy atom. The van der Waals surface area contributed by atoms with E-state index in [1.165, 1.54) is 0 Å². The summed E-state index contributed by atoms with van der Waals surface area (Å²) in [5, 5.41) is 12.2. The summed E-state index contributed by atoms with van der Waals surface area (Å²) in [4.78, 5) is 8.24. The molecule has 0 unspecified atom stereocenters. The Morgan fingerprint density at radius 2 is 2.07 bits per heavy atom. The van der Waals surface area contributed by atoms with Crippen molar-refractivity contribution in [2.24, 2.45) is 15.7 Å². The molecule has 0 aliphatic carbocycles. The van der Waals surface area contributed by atoms with Gasteiger partial charge in [-0.05, 0) is 47.8 Å². The Bertz CT molecular complexity index is 243. The zero-order valence-corrected chi connectivity index (χ0v) is 9.46. The molecule has 0 radical (unpaired) electrons. The number of rotatable bonds is 8. The Morgan fingerprint density at radius 1 is 1.36 bits per heavy atom. The van der Waals surface area contributed by atoms with E-state index in [1.54, 1.807) is 0 Å². The molecule has 0 aliphatic heterocycles. The highest BCUT2D eigenvalue weighted by Crippen LogP contribution is 1.98. The van der Waals surface area contributed by atoms with E-state index in [0.717, 1.165) is 0 Å². The van der Waals surface area contributed by atoms with Gasteiger partial charge in [0.25, 0.3) is 0 Å². The first kappa shape index (κ1) is 13.9. The molecular formula is H3N5O5S4. The zero-order chi connectivity index (χ0) is 10.8. The number of hydrogen-bond acceptors (Lipinski definition) is 10. The molecule has 14 heavy (non-hydrogen) atoms. The van der Waals surface area contributed by atoms with Crippen LogP contribution in [0.3, 0.4) is 0 Å². The third-order valence-corrected chi connectivity index (χ3v) is 1.05. The molecule has 0 aliphatic rings. The van der Waals surface area contributed by atoms with Crippen LogP contribution in [-0.2, 0) is 54.4 Å². The standard InChI is InChI=1S/H3N5O5S4/c1-2-3-4-5(6-8-9-11)7-10-14(12)13/h1,11,14H/b2-1?,4-3+. The van der Waals surface area contributed by atoms with Gasteiger partial charge >= 0.3 is 0 Å². The molecule has 0 bridgehead atoms. The summed E-state index contributed by atoms with van der Waals surface area (Å²) in [5.74, 6) is 0. The number of nitrogens with zero attached hydrogens (tertiary/aromatic N) is 4. The molecule has 0 heterocycles. The maximum Gasteiger partial charge on any atom is 0.0542 e. The minimum Gasteiger partial charge on any atom is -0.183 e. The summed E-state index contributed by atoms with van der Waals surface area (Å²) in [6.07, 6.45) is 0. The van der Waals surface area contributed by atoms with Crippen LogP contribution >= 0.6 is 12.9 Å². The number of thiol groups is 2. The molecule has 0 atom stereocenters. The summed E-state index contributed by atoms with van der Waals surface area (Å²) < 4.78 is 8.00. The SMILES string of the molecule is N=N/N=N/N(OOOS)OO[SH](=S)=S. The summed E-state index contributed by atoms with van der Waals surface area (Å²) >= 11 is 12.1. The fourth-order valence-corrected chi connectivity index (χ4v) is 0.492. The minimum absolute atomic E-state index is 0.155. The first-order chi connectivity index (χ1) is 6.70. The molecule has 0 aromatic carbocycles. The molecule has 0 fully saturated rings. The van der Waals surface area contributed by atoms with Crippen LogP contribution < -0.4 is 0 Å². The molecule has 1 N–H and O–H groups in total. The molecule has 0 aromatic rings. The van der Waals surface area contributed by atoms with Crippen molar-refractivity contribution in [3.05, 3.63) is 0 Å². The predicted molar refractivity (Wildman–Crippen MR) is 49.7 cm³/mol. The van der Waals surface area contributed by atoms with Crippen LogP contribution in [0.25, 0.3) is 0 Å². The van der Waals surface area contributed by atoms with Gasteiger partial charge in [0.05, 0.1) is 5.34 Å². The van der Waals surface area contributed by atoms with Crippen LogP contribution in [0.4, 0.5) is 0 Å². The van der Waals surface area contributed by atoms with E-state index < -0.39 is 8.29 Å². The minimum atomic E-state index is -1.63. The summed E-state index contributed by atoms with van der Waals surface area (Å²) in [5.41, 5.74) is 6.25. The van der Waals surface area contributed by atoms with Gasteiger partial charge in [0, 0.05) is 26.4 Å². The monoisotopic (exact) mass is 281 g/mol. The molecule has 0 saturated carbocycles. The fourth-order valence-electron chi connectivity index (χ4n) is 0.190. The second kappa shape index (κ2) is 9.49. The average Bonchev–Trinajstić information content (AvgIpc) is 2.16. The predicted octanol–water partition coefficient (Wildman–Crippen LogP) is 0.294. The van der Waals surface area contributed by atoms with Crippen molar-refractivity contribution in [3.63, 3.8) is 0 Å². The van der Waals surface area contributed by atoms with E-state index in [0.29, 0.717) is 0 Å². The maximum atomic E-state index is 6.25. The van der Waals surface area contributed by atoms with Crippen LogP contribution in [0, 0.1) is 5.53 Å². The second-order valence-corrected chi connectivity index (χ2v) is 4.54. The van der Waals surface area contributed by atoms with Crippen molar-refractivity contribution < 1.29 is 23.7 Å². The first-order valence-electron chi connectivity index (χ1n) is 2.42. The Labute approximate surface area is 93.9 Å². The van der Waals surface area contributed by atoms with E-state index in [-0.39, 0.29) is 5.34 Å². The van der Waals surface area contributed by atoms with Gasteiger partial charge < -0.3 is 0 Å². The molecular weight excluding hydrogens is 278 g/mol. The van der Waals surface area contributed by atoms with Gasteiger partial charge in [0.1, 0.15) is 0 Å². The maximum absolute atomic E-state index is 6.25. The quantitative estimate of drug-likeness (QED) is 0.191. The summed E-state index contributed by atoms with van der Waals surface area (Å²) in [7, 11) is -1.63. The second-order valence-electron chi connectivity index (χ2n) is 1.11. The van der Waals surface area contributed by atoms with Crippen LogP contribution in [0.1, 0.15) is 0 Å². The van der Waals surface area contributed by atoms with Crippen molar-refractivity contribution in [1.29, 1.82) is 5.53 Å². The van der Waals surface area contributed by atoms with Gasteiger partial charge in [0.15, 0.2) is 0 Å². The van der Waals surface area contributed by atoms with Crippen molar-refractivity contribution in [2.75, 3.05) is 0 Å². The van der Waals surface area contributed by atoms with E-state index in [9.17, 15) is 0 Å². The number of nitrogens with one attached hydrogen (secondary N) is 1. The molecule has 14 heteroatoms. The van der Waals surface area contributed by atoms with E-state index in [4.69, 9.17) is 5.53 Å². The van der Waals surface area contributed by atoms with Crippen LogP contribution in [0.2, 0.25) is 0 Å². The summed E-state index contributed by atoms with van der Waals surface area (Å²) in [6.45, 7) is 0. The molecule has 0 spiro atoms. The summed E-state index contributed by atoms with van der Waals surface area (Å²) in [6, 6.07) is 0. The normalized spacial score (nSPS) is 11.0. The highest BCUT2D eigenvalue weighted by molar-refractivity contribution is 8.44. The van der Waals surface area contributed by atoms with Gasteiger partial charge in [-0.15, -0.1) is 8.67 Å². The van der Waals surface area contributed by atoms with Crippen molar-refractivity contribution in [1.82, 2.24) is 5.34 Å². The molecule has 10 nitrogen and oxygen atoms in total.